The molecule has 0 atom stereocenters. The van der Waals surface area contributed by atoms with Crippen LogP contribution in [-0.4, -0.2) is 61.8 Å². The first-order valence-electron chi connectivity index (χ1n) is 6.37. The minimum absolute atomic E-state index is 0.361. The lowest BCUT2D eigenvalue weighted by molar-refractivity contribution is 0.0389. The number of ether oxygens (including phenoxy) is 1. The van der Waals surface area contributed by atoms with Crippen LogP contribution in [0.25, 0.3) is 0 Å². The lowest BCUT2D eigenvalue weighted by Gasteiger charge is -2.29. The highest BCUT2D eigenvalue weighted by atomic mass is 32.2. The van der Waals surface area contributed by atoms with Crippen LogP contribution in [-0.2, 0) is 4.74 Å². The monoisotopic (exact) mass is 257 g/mol. The van der Waals surface area contributed by atoms with Gasteiger partial charge in [0.15, 0.2) is 5.17 Å². The maximum Gasteiger partial charge on any atom is 0.156 e. The van der Waals surface area contributed by atoms with Crippen molar-refractivity contribution in [1.82, 2.24) is 10.2 Å². The SMILES string of the molecule is CC1(C)CN=C(NCCN2CCOCC2)SC1. The van der Waals surface area contributed by atoms with Crippen molar-refractivity contribution in [2.45, 2.75) is 13.8 Å². The average molecular weight is 257 g/mol. The van der Waals surface area contributed by atoms with E-state index in [0.29, 0.717) is 5.41 Å². The fourth-order valence-corrected chi connectivity index (χ4v) is 2.87. The molecule has 5 heteroatoms. The number of thioether (sulfide) groups is 1. The van der Waals surface area contributed by atoms with Crippen molar-refractivity contribution >= 4 is 16.9 Å². The molecule has 0 unspecified atom stereocenters. The molecule has 0 radical (unpaired) electrons. The van der Waals surface area contributed by atoms with Crippen LogP contribution in [0.15, 0.2) is 4.99 Å². The van der Waals surface area contributed by atoms with E-state index in [4.69, 9.17) is 4.74 Å². The van der Waals surface area contributed by atoms with Gasteiger partial charge in [0.1, 0.15) is 0 Å². The van der Waals surface area contributed by atoms with Gasteiger partial charge in [0, 0.05) is 38.5 Å². The van der Waals surface area contributed by atoms with E-state index in [1.165, 1.54) is 0 Å². The molecule has 1 N–H and O–H groups in total. The van der Waals surface area contributed by atoms with E-state index in [1.54, 1.807) is 0 Å². The summed E-state index contributed by atoms with van der Waals surface area (Å²) in [6.45, 7) is 11.5. The molecule has 98 valence electrons. The van der Waals surface area contributed by atoms with Crippen molar-refractivity contribution in [2.24, 2.45) is 10.4 Å². The van der Waals surface area contributed by atoms with Gasteiger partial charge in [-0.1, -0.05) is 25.6 Å². The lowest BCUT2D eigenvalue weighted by atomic mass is 9.97. The zero-order valence-corrected chi connectivity index (χ0v) is 11.7. The summed E-state index contributed by atoms with van der Waals surface area (Å²) in [5, 5.41) is 4.56. The van der Waals surface area contributed by atoms with Crippen LogP contribution < -0.4 is 5.32 Å². The Hall–Kier alpha value is -0.260. The number of morpholine rings is 1. The fourth-order valence-electron chi connectivity index (χ4n) is 1.89. The van der Waals surface area contributed by atoms with Crippen molar-refractivity contribution < 1.29 is 4.74 Å². The number of nitrogens with one attached hydrogen (secondary N) is 1. The Labute approximate surface area is 108 Å². The van der Waals surface area contributed by atoms with Gasteiger partial charge in [0.25, 0.3) is 0 Å². The number of aliphatic imine (C=N–C) groups is 1. The Morgan fingerprint density at radius 3 is 2.82 bits per heavy atom. The summed E-state index contributed by atoms with van der Waals surface area (Å²) in [6, 6.07) is 0. The van der Waals surface area contributed by atoms with Gasteiger partial charge in [0.2, 0.25) is 0 Å². The molecule has 0 aromatic heterocycles. The molecule has 0 spiro atoms. The first-order valence-corrected chi connectivity index (χ1v) is 7.35. The molecule has 1 fully saturated rings. The van der Waals surface area contributed by atoms with Gasteiger partial charge in [0.05, 0.1) is 13.2 Å². The smallest absolute Gasteiger partial charge is 0.156 e. The molecule has 0 saturated carbocycles. The molecule has 1 saturated heterocycles. The zero-order valence-electron chi connectivity index (χ0n) is 10.9. The second-order valence-corrected chi connectivity index (χ2v) is 6.42. The van der Waals surface area contributed by atoms with Crippen LogP contribution in [0.2, 0.25) is 0 Å². The van der Waals surface area contributed by atoms with E-state index < -0.39 is 0 Å². The maximum absolute atomic E-state index is 5.33. The molecule has 4 nitrogen and oxygen atoms in total. The molecule has 2 aliphatic rings. The first kappa shape index (κ1) is 13.2. The lowest BCUT2D eigenvalue weighted by Crippen LogP contribution is -2.41. The van der Waals surface area contributed by atoms with Crippen LogP contribution >= 0.6 is 11.8 Å². The minimum atomic E-state index is 0.361. The van der Waals surface area contributed by atoms with Crippen LogP contribution in [0, 0.1) is 5.41 Å². The van der Waals surface area contributed by atoms with Gasteiger partial charge < -0.3 is 10.1 Å². The summed E-state index contributed by atoms with van der Waals surface area (Å²) in [6.07, 6.45) is 0. The summed E-state index contributed by atoms with van der Waals surface area (Å²) in [5.74, 6) is 1.16. The van der Waals surface area contributed by atoms with E-state index in [1.807, 2.05) is 11.8 Å². The highest BCUT2D eigenvalue weighted by Gasteiger charge is 2.23. The molecule has 0 amide bonds. The summed E-state index contributed by atoms with van der Waals surface area (Å²) in [5.41, 5.74) is 0.361. The van der Waals surface area contributed by atoms with Crippen LogP contribution in [0.3, 0.4) is 0 Å². The van der Waals surface area contributed by atoms with Crippen molar-refractivity contribution in [2.75, 3.05) is 51.7 Å². The predicted molar refractivity (Wildman–Crippen MR) is 73.8 cm³/mol. The Balaban J connectivity index is 1.63. The third kappa shape index (κ3) is 4.48. The zero-order chi connectivity index (χ0) is 12.1. The number of amidine groups is 1. The highest BCUT2D eigenvalue weighted by Crippen LogP contribution is 2.26. The molecule has 0 bridgehead atoms. The molecule has 17 heavy (non-hydrogen) atoms. The van der Waals surface area contributed by atoms with E-state index >= 15 is 0 Å². The second kappa shape index (κ2) is 6.07. The second-order valence-electron chi connectivity index (χ2n) is 5.46. The van der Waals surface area contributed by atoms with Gasteiger partial charge in [-0.15, -0.1) is 0 Å². The molecule has 0 aromatic carbocycles. The Bertz CT molecular complexity index is 275. The van der Waals surface area contributed by atoms with E-state index in [9.17, 15) is 0 Å². The summed E-state index contributed by atoms with van der Waals surface area (Å²) in [7, 11) is 0. The van der Waals surface area contributed by atoms with Crippen molar-refractivity contribution in [3.05, 3.63) is 0 Å². The van der Waals surface area contributed by atoms with Crippen LogP contribution in [0.1, 0.15) is 13.8 Å². The van der Waals surface area contributed by atoms with Crippen molar-refractivity contribution in [1.29, 1.82) is 0 Å². The highest BCUT2D eigenvalue weighted by molar-refractivity contribution is 8.13. The molecular formula is C12H23N3OS. The van der Waals surface area contributed by atoms with Crippen molar-refractivity contribution in [3.63, 3.8) is 0 Å². The topological polar surface area (TPSA) is 36.9 Å². The first-order chi connectivity index (χ1) is 8.16. The number of hydrogen-bond acceptors (Lipinski definition) is 5. The molecule has 0 aromatic rings. The normalized spacial score (nSPS) is 25.4. The number of nitrogens with zero attached hydrogens (tertiary/aromatic N) is 2. The average Bonchev–Trinajstić information content (AvgIpc) is 2.33. The van der Waals surface area contributed by atoms with Gasteiger partial charge in [-0.25, -0.2) is 0 Å². The van der Waals surface area contributed by atoms with Gasteiger partial charge in [-0.3, -0.25) is 9.89 Å². The fraction of sp³-hybridized carbons (Fsp3) is 0.917. The summed E-state index contributed by atoms with van der Waals surface area (Å²) >= 11 is 1.85. The third-order valence-electron chi connectivity index (χ3n) is 3.06. The number of hydrogen-bond donors (Lipinski definition) is 1. The van der Waals surface area contributed by atoms with Crippen LogP contribution in [0.4, 0.5) is 0 Å². The molecule has 2 aliphatic heterocycles. The molecule has 0 aliphatic carbocycles. The minimum Gasteiger partial charge on any atom is -0.379 e. The van der Waals surface area contributed by atoms with Crippen LogP contribution in [0.5, 0.6) is 0 Å². The quantitative estimate of drug-likeness (QED) is 0.819. The molecule has 2 rings (SSSR count). The summed E-state index contributed by atoms with van der Waals surface area (Å²) in [4.78, 5) is 7.03. The largest absolute Gasteiger partial charge is 0.379 e. The van der Waals surface area contributed by atoms with E-state index in [-0.39, 0.29) is 0 Å². The van der Waals surface area contributed by atoms with Gasteiger partial charge in [-0.2, -0.15) is 0 Å². The Morgan fingerprint density at radius 1 is 1.41 bits per heavy atom. The number of rotatable bonds is 3. The third-order valence-corrected chi connectivity index (χ3v) is 4.53. The molecular weight excluding hydrogens is 234 g/mol. The Kier molecular flexibility index (Phi) is 4.70. The van der Waals surface area contributed by atoms with Crippen molar-refractivity contribution in [3.8, 4) is 0 Å². The predicted octanol–water partition coefficient (Wildman–Crippen LogP) is 1.04. The van der Waals surface area contributed by atoms with Gasteiger partial charge >= 0.3 is 0 Å². The standard InChI is InChI=1S/C12H23N3OS/c1-12(2)9-14-11(17-10-12)13-3-4-15-5-7-16-8-6-15/h3-10H2,1-2H3,(H,13,14). The summed E-state index contributed by atoms with van der Waals surface area (Å²) < 4.78 is 5.33. The maximum atomic E-state index is 5.33. The van der Waals surface area contributed by atoms with E-state index in [2.05, 4.69) is 29.1 Å². The Morgan fingerprint density at radius 2 is 2.18 bits per heavy atom. The van der Waals surface area contributed by atoms with E-state index in [0.717, 1.165) is 56.9 Å². The van der Waals surface area contributed by atoms with Gasteiger partial charge in [-0.05, 0) is 5.41 Å². The molecule has 2 heterocycles.